The van der Waals surface area contributed by atoms with E-state index >= 15 is 0 Å². The Morgan fingerprint density at radius 1 is 1.04 bits per heavy atom. The maximum absolute atomic E-state index is 13.8. The first-order chi connectivity index (χ1) is 24.3. The summed E-state index contributed by atoms with van der Waals surface area (Å²) in [6.07, 6.45) is 1.35. The Bertz CT molecular complexity index is 1920. The molecule has 1 N–H and O–H groups in total. The van der Waals surface area contributed by atoms with E-state index < -0.39 is 70.1 Å². The Kier molecular flexibility index (Phi) is 9.55. The first-order valence-corrected chi connectivity index (χ1v) is 17.3. The van der Waals surface area contributed by atoms with Crippen molar-refractivity contribution in [2.75, 3.05) is 6.61 Å². The lowest BCUT2D eigenvalue weighted by Crippen LogP contribution is -2.71. The van der Waals surface area contributed by atoms with Gasteiger partial charge in [-0.1, -0.05) is 27.7 Å². The quantitative estimate of drug-likeness (QED) is 0.225. The number of esters is 3. The number of aliphatic hydroxyl groups is 1. The van der Waals surface area contributed by atoms with Crippen LogP contribution in [0.3, 0.4) is 0 Å². The smallest absolute Gasteiger partial charge is 0.345 e. The maximum atomic E-state index is 13.8. The fourth-order valence-corrected chi connectivity index (χ4v) is 8.84. The van der Waals surface area contributed by atoms with Crippen LogP contribution in [0.15, 0.2) is 64.1 Å². The van der Waals surface area contributed by atoms with E-state index in [1.165, 1.54) is 24.3 Å². The van der Waals surface area contributed by atoms with Crippen LogP contribution in [0.2, 0.25) is 0 Å². The van der Waals surface area contributed by atoms with Gasteiger partial charge in [-0.25, -0.2) is 9.59 Å². The largest absolute Gasteiger partial charge is 0.482 e. The summed E-state index contributed by atoms with van der Waals surface area (Å²) in [5.41, 5.74) is -2.91. The van der Waals surface area contributed by atoms with Crippen LogP contribution in [0.25, 0.3) is 11.3 Å². The molecule has 8 atom stereocenters. The van der Waals surface area contributed by atoms with E-state index in [-0.39, 0.29) is 48.5 Å². The van der Waals surface area contributed by atoms with Gasteiger partial charge in [0.1, 0.15) is 41.5 Å². The summed E-state index contributed by atoms with van der Waals surface area (Å²) >= 11 is 0. The monoisotopic (exact) mass is 698 g/mol. The Labute approximate surface area is 295 Å². The average Bonchev–Trinajstić information content (AvgIpc) is 3.12. The lowest BCUT2D eigenvalue weighted by atomic mass is 9.42. The van der Waals surface area contributed by atoms with Crippen molar-refractivity contribution in [1.82, 2.24) is 4.98 Å². The van der Waals surface area contributed by atoms with Crippen LogP contribution in [-0.2, 0) is 23.8 Å². The van der Waals surface area contributed by atoms with E-state index in [0.29, 0.717) is 24.0 Å². The molecule has 1 aromatic carbocycles. The van der Waals surface area contributed by atoms with Crippen molar-refractivity contribution in [2.24, 2.45) is 22.7 Å². The second kappa shape index (κ2) is 13.6. The number of benzene rings is 1. The van der Waals surface area contributed by atoms with Crippen molar-refractivity contribution in [1.29, 1.82) is 5.26 Å². The number of carbonyl (C=O) groups is 3. The summed E-state index contributed by atoms with van der Waals surface area (Å²) in [5.74, 6) is -2.53. The molecule has 0 unspecified atom stereocenters. The molecule has 268 valence electrons. The molecule has 2 saturated carbocycles. The summed E-state index contributed by atoms with van der Waals surface area (Å²) in [6, 6.07) is 13.0. The fourth-order valence-electron chi connectivity index (χ4n) is 8.84. The molecule has 3 aliphatic rings. The van der Waals surface area contributed by atoms with Gasteiger partial charge in [-0.05, 0) is 73.9 Å². The van der Waals surface area contributed by atoms with Gasteiger partial charge in [0.25, 0.3) is 0 Å². The lowest BCUT2D eigenvalue weighted by molar-refractivity contribution is -0.267. The zero-order valence-electron chi connectivity index (χ0n) is 29.3. The highest BCUT2D eigenvalue weighted by atomic mass is 16.6. The third kappa shape index (κ3) is 6.18. The number of aromatic nitrogens is 1. The van der Waals surface area contributed by atoms with Gasteiger partial charge in [0, 0.05) is 48.2 Å². The van der Waals surface area contributed by atoms with E-state index in [0.717, 1.165) is 0 Å². The minimum absolute atomic E-state index is 0.0530. The molecule has 51 heavy (non-hydrogen) atoms. The third-order valence-electron chi connectivity index (χ3n) is 11.4. The summed E-state index contributed by atoms with van der Waals surface area (Å²) in [4.78, 5) is 56.9. The molecule has 0 amide bonds. The Balaban J connectivity index is 1.49. The van der Waals surface area contributed by atoms with Crippen LogP contribution >= 0.6 is 0 Å². The van der Waals surface area contributed by atoms with Crippen molar-refractivity contribution >= 4 is 17.9 Å². The summed E-state index contributed by atoms with van der Waals surface area (Å²) in [6.45, 7) is 8.97. The predicted molar refractivity (Wildman–Crippen MR) is 181 cm³/mol. The van der Waals surface area contributed by atoms with Gasteiger partial charge in [0.2, 0.25) is 0 Å². The van der Waals surface area contributed by atoms with E-state index in [9.17, 15) is 29.5 Å². The zero-order chi connectivity index (χ0) is 36.7. The van der Waals surface area contributed by atoms with Crippen molar-refractivity contribution in [3.8, 4) is 23.1 Å². The molecule has 0 spiro atoms. The van der Waals surface area contributed by atoms with Gasteiger partial charge >= 0.3 is 23.5 Å². The van der Waals surface area contributed by atoms with E-state index in [1.807, 2.05) is 19.9 Å². The molecule has 0 saturated heterocycles. The topological polar surface area (TPSA) is 175 Å². The van der Waals surface area contributed by atoms with Crippen LogP contribution in [0, 0.1) is 34.0 Å². The fraction of sp³-hybridized carbons (Fsp3) is 0.487. The zero-order valence-corrected chi connectivity index (χ0v) is 29.3. The molecule has 2 aromatic heterocycles. The van der Waals surface area contributed by atoms with Gasteiger partial charge in [0.05, 0.1) is 23.3 Å². The van der Waals surface area contributed by atoms with Crippen LogP contribution in [0.4, 0.5) is 0 Å². The summed E-state index contributed by atoms with van der Waals surface area (Å²) in [5, 5.41) is 21.7. The number of carbonyl (C=O) groups excluding carboxylic acids is 3. The van der Waals surface area contributed by atoms with Crippen molar-refractivity contribution in [3.63, 3.8) is 0 Å². The van der Waals surface area contributed by atoms with E-state index in [4.69, 9.17) is 23.4 Å². The van der Waals surface area contributed by atoms with Gasteiger partial charge in [-0.3, -0.25) is 14.6 Å². The second-order valence-electron chi connectivity index (χ2n) is 14.4. The predicted octanol–water partition coefficient (Wildman–Crippen LogP) is 5.70. The number of hydrogen-bond donors (Lipinski definition) is 1. The molecule has 12 heteroatoms. The SMILES string of the molecule is CCC(=O)OC[C@@]1(C)[C@@H]2C[C@H](OC(=O)c3ccc(C#N)cc3)[C@@]3(C)Oc4cc(-c5cccnc5)oc(=O)c4[C@H](O)[C@@H]3[C@@]2(C)CC[C@@H]1OC(=O)CC. The van der Waals surface area contributed by atoms with Crippen molar-refractivity contribution in [2.45, 2.75) is 90.6 Å². The number of fused-ring (bicyclic) bond motifs is 4. The van der Waals surface area contributed by atoms with Gasteiger partial charge in [0.15, 0.2) is 0 Å². The first kappa shape index (κ1) is 35.8. The molecule has 2 fully saturated rings. The van der Waals surface area contributed by atoms with E-state index in [2.05, 4.69) is 4.98 Å². The summed E-state index contributed by atoms with van der Waals surface area (Å²) < 4.78 is 30.6. The summed E-state index contributed by atoms with van der Waals surface area (Å²) in [7, 11) is 0. The number of rotatable bonds is 8. The van der Waals surface area contributed by atoms with Gasteiger partial charge < -0.3 is 28.5 Å². The molecule has 12 nitrogen and oxygen atoms in total. The van der Waals surface area contributed by atoms with Gasteiger partial charge in [-0.15, -0.1) is 0 Å². The molecule has 3 aromatic rings. The van der Waals surface area contributed by atoms with Crippen molar-refractivity contribution < 1.29 is 42.9 Å². The number of nitriles is 1. The molecule has 1 aliphatic heterocycles. The minimum Gasteiger partial charge on any atom is -0.482 e. The molecule has 6 rings (SSSR count). The molecule has 3 heterocycles. The molecule has 0 bridgehead atoms. The lowest BCUT2D eigenvalue weighted by Gasteiger charge is -2.66. The standard InChI is InChI=1S/C39H42N2O10/c1-6-30(42)47-21-38(4)27-18-29(50-35(45)23-12-10-22(19-40)11-13-23)39(5)34(37(27,3)15-14-28(38)49-31(43)7-2)33(44)32-26(51-39)17-25(48-36(32)46)24-9-8-16-41-20-24/h8-13,16-17,20,27-29,33-34,44H,6-7,14-15,18,21H2,1-5H3/t27-,28+,29+,33+,34-,37+,38+,39-/m1/s1. The second-order valence-corrected chi connectivity index (χ2v) is 14.4. The number of hydrogen-bond acceptors (Lipinski definition) is 12. The Morgan fingerprint density at radius 3 is 2.41 bits per heavy atom. The van der Waals surface area contributed by atoms with Crippen LogP contribution in [-0.4, -0.2) is 52.4 Å². The van der Waals surface area contributed by atoms with Crippen LogP contribution in [0.1, 0.15) is 94.3 Å². The number of nitrogens with zero attached hydrogens (tertiary/aromatic N) is 2. The highest BCUT2D eigenvalue weighted by Gasteiger charge is 2.71. The number of ether oxygens (including phenoxy) is 4. The maximum Gasteiger partial charge on any atom is 0.345 e. The molecular weight excluding hydrogens is 656 g/mol. The minimum atomic E-state index is -1.42. The first-order valence-electron chi connectivity index (χ1n) is 17.3. The Hall–Kier alpha value is -5.02. The molecule has 0 radical (unpaired) electrons. The highest BCUT2D eigenvalue weighted by Crippen LogP contribution is 2.67. The average molecular weight is 699 g/mol. The number of pyridine rings is 1. The van der Waals surface area contributed by atoms with E-state index in [1.54, 1.807) is 51.4 Å². The highest BCUT2D eigenvalue weighted by molar-refractivity contribution is 5.89. The normalized spacial score (nSPS) is 30.6. The van der Waals surface area contributed by atoms with Crippen molar-refractivity contribution in [3.05, 3.63) is 82.0 Å². The number of aliphatic hydroxyl groups excluding tert-OH is 1. The molecular formula is C39H42N2O10. The van der Waals surface area contributed by atoms with Gasteiger partial charge in [-0.2, -0.15) is 5.26 Å². The Morgan fingerprint density at radius 2 is 1.76 bits per heavy atom. The third-order valence-corrected chi connectivity index (χ3v) is 11.4. The molecule has 2 aliphatic carbocycles. The van der Waals surface area contributed by atoms with Crippen LogP contribution < -0.4 is 10.4 Å². The van der Waals surface area contributed by atoms with Crippen LogP contribution in [0.5, 0.6) is 5.75 Å².